The van der Waals surface area contributed by atoms with Crippen molar-refractivity contribution < 1.29 is 27.5 Å². The van der Waals surface area contributed by atoms with Crippen molar-refractivity contribution in [2.75, 3.05) is 12.0 Å². The molecule has 0 bridgehead atoms. The maximum Gasteiger partial charge on any atom is 0.435 e. The number of carbonyl (C=O) groups excluding carboxylic acids is 2. The van der Waals surface area contributed by atoms with Gasteiger partial charge in [0.2, 0.25) is 11.8 Å². The molecule has 43 heavy (non-hydrogen) atoms. The van der Waals surface area contributed by atoms with E-state index in [1.165, 1.54) is 9.58 Å². The highest BCUT2D eigenvalue weighted by atomic mass is 19.4. The van der Waals surface area contributed by atoms with Crippen molar-refractivity contribution >= 4 is 17.5 Å². The fraction of sp³-hybridized carbons (Fsp3) is 0.485. The molecule has 1 N–H and O–H groups in total. The van der Waals surface area contributed by atoms with Gasteiger partial charge in [0.25, 0.3) is 0 Å². The number of methoxy groups -OCH3 is 1. The molecule has 2 aliphatic carbocycles. The fourth-order valence-electron chi connectivity index (χ4n) is 6.24. The first-order valence-corrected chi connectivity index (χ1v) is 15.1. The molecule has 5 rings (SSSR count). The van der Waals surface area contributed by atoms with E-state index in [1.54, 1.807) is 43.5 Å². The van der Waals surface area contributed by atoms with Gasteiger partial charge in [-0.25, -0.2) is 0 Å². The van der Waals surface area contributed by atoms with E-state index in [9.17, 15) is 22.8 Å². The zero-order valence-electron chi connectivity index (χ0n) is 24.9. The van der Waals surface area contributed by atoms with Crippen LogP contribution in [0.4, 0.5) is 18.9 Å². The van der Waals surface area contributed by atoms with Crippen LogP contribution in [0.15, 0.2) is 48.5 Å². The molecule has 10 heteroatoms. The maximum atomic E-state index is 14.3. The Kier molecular flexibility index (Phi) is 9.13. The highest BCUT2D eigenvalue weighted by molar-refractivity contribution is 6.01. The molecule has 0 aliphatic heterocycles. The number of carbonyl (C=O) groups is 2. The number of hydrogen-bond acceptors (Lipinski definition) is 4. The Hall–Kier alpha value is -3.82. The topological polar surface area (TPSA) is 76.5 Å². The monoisotopic (exact) mass is 596 g/mol. The van der Waals surface area contributed by atoms with Crippen molar-refractivity contribution in [2.45, 2.75) is 95.9 Å². The van der Waals surface area contributed by atoms with Gasteiger partial charge in [-0.3, -0.25) is 19.2 Å². The molecule has 1 heterocycles. The van der Waals surface area contributed by atoms with Crippen LogP contribution in [0.1, 0.15) is 92.4 Å². The number of amides is 2. The Morgan fingerprint density at radius 2 is 1.60 bits per heavy atom. The predicted octanol–water partition coefficient (Wildman–Crippen LogP) is 6.75. The molecule has 2 aromatic carbocycles. The van der Waals surface area contributed by atoms with Crippen LogP contribution in [0.3, 0.4) is 0 Å². The summed E-state index contributed by atoms with van der Waals surface area (Å²) in [6, 6.07) is 13.3. The Morgan fingerprint density at radius 3 is 2.21 bits per heavy atom. The molecular formula is C33H39F3N4O3. The van der Waals surface area contributed by atoms with Crippen LogP contribution >= 0.6 is 0 Å². The molecule has 2 aliphatic rings. The Labute approximate surface area is 250 Å². The lowest BCUT2D eigenvalue weighted by atomic mass is 9.95. The first-order chi connectivity index (χ1) is 20.6. The molecule has 1 unspecified atom stereocenters. The minimum Gasteiger partial charge on any atom is -0.497 e. The zero-order chi connectivity index (χ0) is 30.7. The first kappa shape index (κ1) is 30.6. The number of fused-ring (bicyclic) bond motifs is 1. The number of anilines is 1. The zero-order valence-corrected chi connectivity index (χ0v) is 24.9. The summed E-state index contributed by atoms with van der Waals surface area (Å²) in [5.74, 6) is -0.0144. The molecular weight excluding hydrogens is 557 g/mol. The minimum absolute atomic E-state index is 0.000922. The van der Waals surface area contributed by atoms with Crippen molar-refractivity contribution in [2.24, 2.45) is 0 Å². The van der Waals surface area contributed by atoms with Gasteiger partial charge in [0.1, 0.15) is 18.3 Å². The number of rotatable bonds is 9. The summed E-state index contributed by atoms with van der Waals surface area (Å²) in [5.41, 5.74) is 1.80. The fourth-order valence-corrected chi connectivity index (χ4v) is 6.24. The molecule has 0 saturated heterocycles. The van der Waals surface area contributed by atoms with Gasteiger partial charge in [-0.2, -0.15) is 18.3 Å². The molecule has 1 atom stereocenters. The van der Waals surface area contributed by atoms with Crippen molar-refractivity contribution in [1.82, 2.24) is 15.1 Å². The van der Waals surface area contributed by atoms with E-state index < -0.39 is 30.4 Å². The van der Waals surface area contributed by atoms with Crippen molar-refractivity contribution in [3.8, 4) is 5.75 Å². The van der Waals surface area contributed by atoms with Gasteiger partial charge in [0.15, 0.2) is 5.69 Å². The number of aromatic nitrogens is 2. The number of benzene rings is 2. The molecule has 2 amide bonds. The molecule has 0 spiro atoms. The number of alkyl halides is 3. The third kappa shape index (κ3) is 6.73. The second-order valence-corrected chi connectivity index (χ2v) is 11.8. The average molecular weight is 597 g/mol. The number of hydrogen-bond donors (Lipinski definition) is 1. The number of halogens is 3. The summed E-state index contributed by atoms with van der Waals surface area (Å²) in [6.07, 6.45) is 1.20. The number of ether oxygens (including phenoxy) is 1. The first-order valence-electron chi connectivity index (χ1n) is 15.1. The molecule has 1 saturated carbocycles. The second kappa shape index (κ2) is 12.8. The molecule has 3 aromatic rings. The number of nitrogens with zero attached hydrogens (tertiary/aromatic N) is 3. The van der Waals surface area contributed by atoms with Crippen molar-refractivity contribution in [3.63, 3.8) is 0 Å². The van der Waals surface area contributed by atoms with E-state index in [2.05, 4.69) is 24.3 Å². The largest absolute Gasteiger partial charge is 0.497 e. The SMILES string of the molecule is COc1ccc(C(C(=O)NC2CCCC2)N(C(=O)Cn2nc(C(F)(F)F)c3c2CCCC3)c2ccc(C(C)C)cc2)cc1. The lowest BCUT2D eigenvalue weighted by molar-refractivity contribution is -0.142. The highest BCUT2D eigenvalue weighted by Gasteiger charge is 2.41. The summed E-state index contributed by atoms with van der Waals surface area (Å²) in [4.78, 5) is 29.8. The molecule has 0 radical (unpaired) electrons. The van der Waals surface area contributed by atoms with Crippen LogP contribution in [-0.2, 0) is 35.2 Å². The van der Waals surface area contributed by atoms with E-state index >= 15 is 0 Å². The minimum atomic E-state index is -4.62. The summed E-state index contributed by atoms with van der Waals surface area (Å²) >= 11 is 0. The van der Waals surface area contributed by atoms with Gasteiger partial charge in [0, 0.05) is 23.0 Å². The summed E-state index contributed by atoms with van der Waals surface area (Å²) in [7, 11) is 1.55. The lowest BCUT2D eigenvalue weighted by Crippen LogP contribution is -2.47. The average Bonchev–Trinajstić information content (AvgIpc) is 3.64. The van der Waals surface area contributed by atoms with Crippen molar-refractivity contribution in [1.29, 1.82) is 0 Å². The van der Waals surface area contributed by atoms with Crippen LogP contribution < -0.4 is 15.0 Å². The smallest absolute Gasteiger partial charge is 0.435 e. The highest BCUT2D eigenvalue weighted by Crippen LogP contribution is 2.37. The number of nitrogens with one attached hydrogen (secondary N) is 1. The Balaban J connectivity index is 1.59. The Bertz CT molecular complexity index is 1430. The van der Waals surface area contributed by atoms with E-state index in [1.807, 2.05) is 12.1 Å². The van der Waals surface area contributed by atoms with Crippen LogP contribution in [0, 0.1) is 0 Å². The lowest BCUT2D eigenvalue weighted by Gasteiger charge is -2.33. The molecule has 7 nitrogen and oxygen atoms in total. The summed E-state index contributed by atoms with van der Waals surface area (Å²) < 4.78 is 48.3. The molecule has 1 aromatic heterocycles. The third-order valence-corrected chi connectivity index (χ3v) is 8.56. The van der Waals surface area contributed by atoms with Gasteiger partial charge in [0.05, 0.1) is 7.11 Å². The second-order valence-electron chi connectivity index (χ2n) is 11.8. The summed E-state index contributed by atoms with van der Waals surface area (Å²) in [6.45, 7) is 3.70. The third-order valence-electron chi connectivity index (χ3n) is 8.56. The van der Waals surface area contributed by atoms with Gasteiger partial charge in [-0.05, 0) is 79.8 Å². The van der Waals surface area contributed by atoms with E-state index in [0.29, 0.717) is 35.5 Å². The van der Waals surface area contributed by atoms with Crippen molar-refractivity contribution in [3.05, 3.63) is 76.6 Å². The Morgan fingerprint density at radius 1 is 0.977 bits per heavy atom. The maximum absolute atomic E-state index is 14.3. The summed E-state index contributed by atoms with van der Waals surface area (Å²) in [5, 5.41) is 7.07. The van der Waals surface area contributed by atoms with E-state index in [4.69, 9.17) is 4.74 Å². The van der Waals surface area contributed by atoms with Gasteiger partial charge in [-0.1, -0.05) is 51.0 Å². The van der Waals surface area contributed by atoms with Gasteiger partial charge >= 0.3 is 6.18 Å². The standard InChI is InChI=1S/C33H39F3N4O3/c1-21(2)22-12-16-25(17-13-22)40(29(41)20-39-28-11-7-6-10-27(28)31(38-39)33(34,35)36)30(23-14-18-26(43-3)19-15-23)32(42)37-24-8-4-5-9-24/h12-19,21,24,30H,4-11,20H2,1-3H3,(H,37,42). The predicted molar refractivity (Wildman–Crippen MR) is 158 cm³/mol. The van der Waals surface area contributed by atoms with Crippen LogP contribution in [0.25, 0.3) is 0 Å². The van der Waals surface area contributed by atoms with E-state index in [0.717, 1.165) is 37.7 Å². The van der Waals surface area contributed by atoms with Crippen LogP contribution in [0.2, 0.25) is 0 Å². The van der Waals surface area contributed by atoms with E-state index in [-0.39, 0.29) is 29.9 Å². The van der Waals surface area contributed by atoms with Gasteiger partial charge in [-0.15, -0.1) is 0 Å². The van der Waals surface area contributed by atoms with Crippen LogP contribution in [-0.4, -0.2) is 34.7 Å². The normalized spacial score (nSPS) is 16.2. The molecule has 230 valence electrons. The quantitative estimate of drug-likeness (QED) is 0.297. The van der Waals surface area contributed by atoms with Gasteiger partial charge < -0.3 is 10.1 Å². The van der Waals surface area contributed by atoms with Crippen LogP contribution in [0.5, 0.6) is 5.75 Å². The molecule has 1 fully saturated rings.